The summed E-state index contributed by atoms with van der Waals surface area (Å²) in [5.74, 6) is 0.168. The van der Waals surface area contributed by atoms with Gasteiger partial charge in [-0.25, -0.2) is 0 Å². The molecule has 1 saturated heterocycles. The van der Waals surface area contributed by atoms with Crippen LogP contribution in [0.5, 0.6) is 0 Å². The van der Waals surface area contributed by atoms with Gasteiger partial charge in [-0.2, -0.15) is 0 Å². The van der Waals surface area contributed by atoms with Gasteiger partial charge in [0.25, 0.3) is 0 Å². The zero-order valence-corrected chi connectivity index (χ0v) is 12.7. The summed E-state index contributed by atoms with van der Waals surface area (Å²) in [6.45, 7) is 1.51. The maximum Gasteiger partial charge on any atom is 0.222 e. The van der Waals surface area contributed by atoms with E-state index < -0.39 is 0 Å². The van der Waals surface area contributed by atoms with Crippen LogP contribution in [-0.2, 0) is 15.1 Å². The van der Waals surface area contributed by atoms with E-state index in [1.165, 1.54) is 19.3 Å². The van der Waals surface area contributed by atoms with Crippen LogP contribution < -0.4 is 5.32 Å². The number of carbonyl (C=O) groups excluding carboxylic acids is 1. The first kappa shape index (κ1) is 14.6. The standard InChI is InChI=1S/C17H26N2O2/c20-16(18-14-15-7-6-12-21-15)13-17(8-2-1-3-9-17)19-10-4-5-11-19/h4-5,10-11,15H,1-3,6-9,12-14H2,(H,18,20). The normalized spacial score (nSPS) is 24.9. The molecule has 0 bridgehead atoms. The molecule has 1 atom stereocenters. The van der Waals surface area contributed by atoms with Crippen LogP contribution in [0.25, 0.3) is 0 Å². The van der Waals surface area contributed by atoms with Crippen molar-refractivity contribution in [2.24, 2.45) is 0 Å². The van der Waals surface area contributed by atoms with Crippen LogP contribution >= 0.6 is 0 Å². The van der Waals surface area contributed by atoms with Crippen LogP contribution in [0.2, 0.25) is 0 Å². The second-order valence-corrected chi connectivity index (χ2v) is 6.49. The fourth-order valence-electron chi connectivity index (χ4n) is 3.78. The van der Waals surface area contributed by atoms with Crippen molar-refractivity contribution in [3.8, 4) is 0 Å². The van der Waals surface area contributed by atoms with Crippen molar-refractivity contribution in [2.45, 2.75) is 63.0 Å². The number of nitrogens with one attached hydrogen (secondary N) is 1. The largest absolute Gasteiger partial charge is 0.376 e. The molecular weight excluding hydrogens is 264 g/mol. The van der Waals surface area contributed by atoms with Crippen molar-refractivity contribution in [1.29, 1.82) is 0 Å². The highest BCUT2D eigenvalue weighted by atomic mass is 16.5. The molecule has 2 heterocycles. The molecule has 3 rings (SSSR count). The van der Waals surface area contributed by atoms with Gasteiger partial charge >= 0.3 is 0 Å². The number of ether oxygens (including phenoxy) is 1. The van der Waals surface area contributed by atoms with Gasteiger partial charge in [0.05, 0.1) is 18.1 Å². The van der Waals surface area contributed by atoms with Crippen LogP contribution in [0.1, 0.15) is 51.4 Å². The van der Waals surface area contributed by atoms with Gasteiger partial charge in [-0.1, -0.05) is 19.3 Å². The first-order valence-corrected chi connectivity index (χ1v) is 8.30. The maximum absolute atomic E-state index is 12.4. The molecule has 1 aliphatic carbocycles. The molecule has 116 valence electrons. The van der Waals surface area contributed by atoms with Gasteiger partial charge in [0, 0.05) is 25.5 Å². The molecule has 1 amide bonds. The molecule has 0 spiro atoms. The van der Waals surface area contributed by atoms with E-state index in [1.807, 2.05) is 0 Å². The molecule has 1 aliphatic heterocycles. The molecule has 0 aromatic carbocycles. The number of hydrogen-bond acceptors (Lipinski definition) is 2. The molecule has 1 unspecified atom stereocenters. The van der Waals surface area contributed by atoms with Crippen LogP contribution in [0.3, 0.4) is 0 Å². The second kappa shape index (κ2) is 6.65. The van der Waals surface area contributed by atoms with Crippen molar-refractivity contribution in [3.05, 3.63) is 24.5 Å². The fourth-order valence-corrected chi connectivity index (χ4v) is 3.78. The van der Waals surface area contributed by atoms with Gasteiger partial charge in [-0.05, 0) is 37.8 Å². The molecule has 4 heteroatoms. The number of amides is 1. The predicted molar refractivity (Wildman–Crippen MR) is 82.1 cm³/mol. The van der Waals surface area contributed by atoms with Crippen LogP contribution in [-0.4, -0.2) is 29.7 Å². The van der Waals surface area contributed by atoms with E-state index in [2.05, 4.69) is 34.4 Å². The summed E-state index contributed by atoms with van der Waals surface area (Å²) >= 11 is 0. The predicted octanol–water partition coefficient (Wildman–Crippen LogP) is 2.83. The Morgan fingerprint density at radius 1 is 1.19 bits per heavy atom. The van der Waals surface area contributed by atoms with Crippen molar-refractivity contribution in [2.75, 3.05) is 13.2 Å². The summed E-state index contributed by atoms with van der Waals surface area (Å²) < 4.78 is 7.83. The third-order valence-corrected chi connectivity index (χ3v) is 4.98. The Morgan fingerprint density at radius 3 is 2.62 bits per heavy atom. The smallest absolute Gasteiger partial charge is 0.222 e. The zero-order chi connectivity index (χ0) is 14.5. The summed E-state index contributed by atoms with van der Waals surface area (Å²) in [4.78, 5) is 12.4. The summed E-state index contributed by atoms with van der Waals surface area (Å²) in [5, 5.41) is 3.08. The molecule has 0 radical (unpaired) electrons. The Bertz CT molecular complexity index is 443. The number of carbonyl (C=O) groups is 1. The average molecular weight is 290 g/mol. The summed E-state index contributed by atoms with van der Waals surface area (Å²) in [6.07, 6.45) is 13.2. The molecule has 1 aromatic rings. The number of rotatable bonds is 5. The van der Waals surface area contributed by atoms with Crippen molar-refractivity contribution < 1.29 is 9.53 Å². The number of aromatic nitrogens is 1. The second-order valence-electron chi connectivity index (χ2n) is 6.49. The number of hydrogen-bond donors (Lipinski definition) is 1. The fraction of sp³-hybridized carbons (Fsp3) is 0.706. The maximum atomic E-state index is 12.4. The molecule has 1 saturated carbocycles. The van der Waals surface area contributed by atoms with Crippen molar-refractivity contribution in [1.82, 2.24) is 9.88 Å². The minimum absolute atomic E-state index is 0.0115. The lowest BCUT2D eigenvalue weighted by Crippen LogP contribution is -2.42. The third-order valence-electron chi connectivity index (χ3n) is 4.98. The van der Waals surface area contributed by atoms with E-state index in [0.29, 0.717) is 13.0 Å². The molecular formula is C17H26N2O2. The molecule has 1 aromatic heterocycles. The van der Waals surface area contributed by atoms with Crippen LogP contribution in [0.15, 0.2) is 24.5 Å². The Labute approximate surface area is 126 Å². The lowest BCUT2D eigenvalue weighted by molar-refractivity contribution is -0.124. The van der Waals surface area contributed by atoms with Gasteiger partial charge in [0.15, 0.2) is 0 Å². The van der Waals surface area contributed by atoms with Gasteiger partial charge in [0.1, 0.15) is 0 Å². The molecule has 4 nitrogen and oxygen atoms in total. The Morgan fingerprint density at radius 2 is 1.95 bits per heavy atom. The summed E-state index contributed by atoms with van der Waals surface area (Å²) in [5.41, 5.74) is -0.0115. The lowest BCUT2D eigenvalue weighted by Gasteiger charge is -2.38. The Kier molecular flexibility index (Phi) is 4.63. The monoisotopic (exact) mass is 290 g/mol. The topological polar surface area (TPSA) is 43.3 Å². The molecule has 1 N–H and O–H groups in total. The quantitative estimate of drug-likeness (QED) is 0.906. The zero-order valence-electron chi connectivity index (χ0n) is 12.7. The highest BCUT2D eigenvalue weighted by molar-refractivity contribution is 5.77. The van der Waals surface area contributed by atoms with Gasteiger partial charge < -0.3 is 14.6 Å². The lowest BCUT2D eigenvalue weighted by atomic mass is 9.78. The minimum atomic E-state index is -0.0115. The number of nitrogens with zero attached hydrogens (tertiary/aromatic N) is 1. The Hall–Kier alpha value is -1.29. The first-order chi connectivity index (χ1) is 10.3. The van der Waals surface area contributed by atoms with E-state index in [4.69, 9.17) is 4.74 Å². The van der Waals surface area contributed by atoms with Crippen molar-refractivity contribution >= 4 is 5.91 Å². The van der Waals surface area contributed by atoms with Crippen LogP contribution in [0.4, 0.5) is 0 Å². The third kappa shape index (κ3) is 3.49. The van der Waals surface area contributed by atoms with E-state index in [9.17, 15) is 4.79 Å². The molecule has 21 heavy (non-hydrogen) atoms. The van der Waals surface area contributed by atoms with Gasteiger partial charge in [0.2, 0.25) is 5.91 Å². The Balaban J connectivity index is 1.60. The highest BCUT2D eigenvalue weighted by Gasteiger charge is 2.35. The molecule has 2 aliphatic rings. The van der Waals surface area contributed by atoms with Crippen LogP contribution in [0, 0.1) is 0 Å². The SMILES string of the molecule is O=C(CC1(n2cccc2)CCCCC1)NCC1CCCO1. The van der Waals surface area contributed by atoms with Gasteiger partial charge in [-0.15, -0.1) is 0 Å². The van der Waals surface area contributed by atoms with E-state index >= 15 is 0 Å². The first-order valence-electron chi connectivity index (χ1n) is 8.30. The minimum Gasteiger partial charge on any atom is -0.376 e. The summed E-state index contributed by atoms with van der Waals surface area (Å²) in [6, 6.07) is 4.11. The van der Waals surface area contributed by atoms with Gasteiger partial charge in [-0.3, -0.25) is 4.79 Å². The highest BCUT2D eigenvalue weighted by Crippen LogP contribution is 2.37. The molecule has 2 fully saturated rings. The van der Waals surface area contributed by atoms with E-state index in [-0.39, 0.29) is 17.6 Å². The van der Waals surface area contributed by atoms with E-state index in [0.717, 1.165) is 32.3 Å². The summed E-state index contributed by atoms with van der Waals surface area (Å²) in [7, 11) is 0. The van der Waals surface area contributed by atoms with Crippen molar-refractivity contribution in [3.63, 3.8) is 0 Å². The average Bonchev–Trinajstić information content (AvgIpc) is 3.20. The van der Waals surface area contributed by atoms with E-state index in [1.54, 1.807) is 0 Å².